The second kappa shape index (κ2) is 7.60. The van der Waals surface area contributed by atoms with Gasteiger partial charge in [0.05, 0.1) is 11.9 Å². The number of fused-ring (bicyclic) bond motifs is 1. The molecule has 0 spiro atoms. The van der Waals surface area contributed by atoms with E-state index in [0.29, 0.717) is 36.1 Å². The van der Waals surface area contributed by atoms with Crippen molar-refractivity contribution in [1.82, 2.24) is 4.98 Å². The number of aromatic nitrogens is 1. The number of carbonyl (C=O) groups is 1. The number of anilines is 3. The molecule has 0 saturated heterocycles. The first kappa shape index (κ1) is 17.9. The normalized spacial score (nSPS) is 12.4. The molecule has 28 heavy (non-hydrogen) atoms. The summed E-state index contributed by atoms with van der Waals surface area (Å²) in [7, 11) is 0. The number of nitrogens with zero attached hydrogens (tertiary/aromatic N) is 1. The van der Waals surface area contributed by atoms with Gasteiger partial charge in [0, 0.05) is 17.4 Å². The molecule has 0 saturated carbocycles. The monoisotopic (exact) mass is 375 g/mol. The van der Waals surface area contributed by atoms with Gasteiger partial charge in [-0.25, -0.2) is 4.98 Å². The second-order valence-corrected chi connectivity index (χ2v) is 6.75. The number of amides is 1. The standard InChI is InChI=1S/C22H21N3O3/c1-14-9-15(2)11-18(10-14)24-17-3-5-19(23-13-17)22(26)25-16-4-6-20-21(12-16)28-8-7-27-20/h3-6,9-13,24H,7-8H2,1-2H3,(H,25,26). The predicted octanol–water partition coefficient (Wildman–Crippen LogP) is 4.47. The number of benzene rings is 2. The number of aryl methyl sites for hydroxylation is 2. The predicted molar refractivity (Wildman–Crippen MR) is 109 cm³/mol. The van der Waals surface area contributed by atoms with Crippen molar-refractivity contribution in [3.05, 3.63) is 71.5 Å². The molecule has 0 atom stereocenters. The number of carbonyl (C=O) groups excluding carboxylic acids is 1. The molecule has 6 nitrogen and oxygen atoms in total. The van der Waals surface area contributed by atoms with Crippen LogP contribution in [0.5, 0.6) is 11.5 Å². The molecule has 4 rings (SSSR count). The molecule has 0 unspecified atom stereocenters. The fourth-order valence-corrected chi connectivity index (χ4v) is 3.13. The van der Waals surface area contributed by atoms with Gasteiger partial charge in [-0.05, 0) is 61.4 Å². The van der Waals surface area contributed by atoms with E-state index in [-0.39, 0.29) is 5.91 Å². The molecule has 1 aliphatic rings. The Labute approximate surface area is 163 Å². The van der Waals surface area contributed by atoms with Crippen LogP contribution in [-0.4, -0.2) is 24.1 Å². The van der Waals surface area contributed by atoms with Gasteiger partial charge in [0.15, 0.2) is 11.5 Å². The highest BCUT2D eigenvalue weighted by molar-refractivity contribution is 6.03. The van der Waals surface area contributed by atoms with Gasteiger partial charge >= 0.3 is 0 Å². The first-order valence-corrected chi connectivity index (χ1v) is 9.09. The van der Waals surface area contributed by atoms with E-state index in [1.807, 2.05) is 6.07 Å². The van der Waals surface area contributed by atoms with Crippen molar-refractivity contribution in [1.29, 1.82) is 0 Å². The topological polar surface area (TPSA) is 72.5 Å². The molecule has 3 aromatic rings. The van der Waals surface area contributed by atoms with Crippen molar-refractivity contribution >= 4 is 23.0 Å². The summed E-state index contributed by atoms with van der Waals surface area (Å²) >= 11 is 0. The molecular weight excluding hydrogens is 354 g/mol. The minimum Gasteiger partial charge on any atom is -0.486 e. The van der Waals surface area contributed by atoms with Crippen LogP contribution >= 0.6 is 0 Å². The van der Waals surface area contributed by atoms with Gasteiger partial charge in [-0.15, -0.1) is 0 Å². The Morgan fingerprint density at radius 3 is 2.29 bits per heavy atom. The maximum Gasteiger partial charge on any atom is 0.274 e. The van der Waals surface area contributed by atoms with Gasteiger partial charge < -0.3 is 20.1 Å². The Morgan fingerprint density at radius 2 is 1.57 bits per heavy atom. The summed E-state index contributed by atoms with van der Waals surface area (Å²) in [5.41, 5.74) is 5.15. The largest absolute Gasteiger partial charge is 0.486 e. The van der Waals surface area contributed by atoms with Crippen LogP contribution in [0.3, 0.4) is 0 Å². The molecule has 0 bridgehead atoms. The van der Waals surface area contributed by atoms with Crippen molar-refractivity contribution in [3.63, 3.8) is 0 Å². The zero-order valence-corrected chi connectivity index (χ0v) is 15.8. The fourth-order valence-electron chi connectivity index (χ4n) is 3.13. The zero-order chi connectivity index (χ0) is 19.5. The van der Waals surface area contributed by atoms with Crippen molar-refractivity contribution in [3.8, 4) is 11.5 Å². The van der Waals surface area contributed by atoms with Crippen LogP contribution in [0, 0.1) is 13.8 Å². The quantitative estimate of drug-likeness (QED) is 0.704. The van der Waals surface area contributed by atoms with E-state index in [1.54, 1.807) is 30.5 Å². The van der Waals surface area contributed by atoms with E-state index in [9.17, 15) is 4.79 Å². The van der Waals surface area contributed by atoms with Gasteiger partial charge in [0.1, 0.15) is 18.9 Å². The highest BCUT2D eigenvalue weighted by Gasteiger charge is 2.14. The number of ether oxygens (including phenoxy) is 2. The Bertz CT molecular complexity index is 996. The molecular formula is C22H21N3O3. The van der Waals surface area contributed by atoms with Crippen LogP contribution < -0.4 is 20.1 Å². The lowest BCUT2D eigenvalue weighted by molar-refractivity contribution is 0.102. The van der Waals surface area contributed by atoms with Crippen LogP contribution in [0.15, 0.2) is 54.7 Å². The summed E-state index contributed by atoms with van der Waals surface area (Å²) in [4.78, 5) is 16.7. The van der Waals surface area contributed by atoms with E-state index in [1.165, 1.54) is 11.1 Å². The molecule has 2 heterocycles. The number of hydrogen-bond acceptors (Lipinski definition) is 5. The third kappa shape index (κ3) is 4.06. The van der Waals surface area contributed by atoms with Gasteiger partial charge in [0.2, 0.25) is 0 Å². The minimum absolute atomic E-state index is 0.283. The maximum absolute atomic E-state index is 12.5. The van der Waals surface area contributed by atoms with Gasteiger partial charge in [-0.3, -0.25) is 4.79 Å². The first-order valence-electron chi connectivity index (χ1n) is 9.09. The highest BCUT2D eigenvalue weighted by atomic mass is 16.6. The van der Waals surface area contributed by atoms with E-state index in [4.69, 9.17) is 9.47 Å². The number of pyridine rings is 1. The maximum atomic E-state index is 12.5. The highest BCUT2D eigenvalue weighted by Crippen LogP contribution is 2.32. The van der Waals surface area contributed by atoms with Crippen molar-refractivity contribution in [2.24, 2.45) is 0 Å². The van der Waals surface area contributed by atoms with Crippen LogP contribution in [0.1, 0.15) is 21.6 Å². The lowest BCUT2D eigenvalue weighted by atomic mass is 10.1. The summed E-state index contributed by atoms with van der Waals surface area (Å²) < 4.78 is 11.0. The number of hydrogen-bond donors (Lipinski definition) is 2. The molecule has 0 fully saturated rings. The lowest BCUT2D eigenvalue weighted by Crippen LogP contribution is -2.17. The first-order chi connectivity index (χ1) is 13.6. The molecule has 1 aliphatic heterocycles. The summed E-state index contributed by atoms with van der Waals surface area (Å²) in [5.74, 6) is 1.03. The Morgan fingerprint density at radius 1 is 0.857 bits per heavy atom. The molecule has 0 radical (unpaired) electrons. The fraction of sp³-hybridized carbons (Fsp3) is 0.182. The molecule has 1 aromatic heterocycles. The number of nitrogens with one attached hydrogen (secondary N) is 2. The third-order valence-electron chi connectivity index (χ3n) is 4.31. The Kier molecular flexibility index (Phi) is 4.85. The third-order valence-corrected chi connectivity index (χ3v) is 4.31. The SMILES string of the molecule is Cc1cc(C)cc(Nc2ccc(C(=O)Nc3ccc4c(c3)OCCO4)nc2)c1. The van der Waals surface area contributed by atoms with Crippen molar-refractivity contribution in [2.75, 3.05) is 23.8 Å². The molecule has 2 N–H and O–H groups in total. The average molecular weight is 375 g/mol. The van der Waals surface area contributed by atoms with E-state index in [2.05, 4.69) is 47.7 Å². The molecule has 142 valence electrons. The van der Waals surface area contributed by atoms with Crippen molar-refractivity contribution < 1.29 is 14.3 Å². The summed E-state index contributed by atoms with van der Waals surface area (Å²) in [5, 5.41) is 6.15. The second-order valence-electron chi connectivity index (χ2n) is 6.75. The van der Waals surface area contributed by atoms with Crippen LogP contribution in [0.4, 0.5) is 17.1 Å². The smallest absolute Gasteiger partial charge is 0.274 e. The summed E-state index contributed by atoms with van der Waals surface area (Å²) in [6.07, 6.45) is 1.65. The van der Waals surface area contributed by atoms with Gasteiger partial charge in [-0.2, -0.15) is 0 Å². The van der Waals surface area contributed by atoms with E-state index >= 15 is 0 Å². The van der Waals surface area contributed by atoms with Crippen LogP contribution in [0.25, 0.3) is 0 Å². The van der Waals surface area contributed by atoms with E-state index < -0.39 is 0 Å². The van der Waals surface area contributed by atoms with Gasteiger partial charge in [-0.1, -0.05) is 6.07 Å². The molecule has 6 heteroatoms. The van der Waals surface area contributed by atoms with Crippen LogP contribution in [0.2, 0.25) is 0 Å². The van der Waals surface area contributed by atoms with Gasteiger partial charge in [0.25, 0.3) is 5.91 Å². The molecule has 2 aromatic carbocycles. The molecule has 0 aliphatic carbocycles. The number of rotatable bonds is 4. The van der Waals surface area contributed by atoms with Crippen LogP contribution in [-0.2, 0) is 0 Å². The molecule has 1 amide bonds. The van der Waals surface area contributed by atoms with E-state index in [0.717, 1.165) is 11.4 Å². The lowest BCUT2D eigenvalue weighted by Gasteiger charge is -2.19. The summed E-state index contributed by atoms with van der Waals surface area (Å²) in [6, 6.07) is 15.1. The Balaban J connectivity index is 1.44. The summed E-state index contributed by atoms with van der Waals surface area (Å²) in [6.45, 7) is 5.15. The zero-order valence-electron chi connectivity index (χ0n) is 15.8. The Hall–Kier alpha value is -3.54. The average Bonchev–Trinajstić information content (AvgIpc) is 2.67. The van der Waals surface area contributed by atoms with Crippen molar-refractivity contribution in [2.45, 2.75) is 13.8 Å². The minimum atomic E-state index is -0.283.